The lowest BCUT2D eigenvalue weighted by Gasteiger charge is -2.34. The van der Waals surface area contributed by atoms with Crippen molar-refractivity contribution in [2.24, 2.45) is 0 Å². The Morgan fingerprint density at radius 2 is 1.92 bits per heavy atom. The molecule has 0 aliphatic carbocycles. The second-order valence-electron chi connectivity index (χ2n) is 5.99. The van der Waals surface area contributed by atoms with Crippen LogP contribution in [0.1, 0.15) is 5.56 Å². The topological polar surface area (TPSA) is 75.7 Å². The van der Waals surface area contributed by atoms with Crippen molar-refractivity contribution in [2.45, 2.75) is 13.0 Å². The van der Waals surface area contributed by atoms with Crippen molar-refractivity contribution in [3.8, 4) is 5.75 Å². The molecule has 1 aliphatic heterocycles. The van der Waals surface area contributed by atoms with Gasteiger partial charge in [-0.3, -0.25) is 9.10 Å². The smallest absolute Gasteiger partial charge is 0.267 e. The molecule has 1 amide bonds. The summed E-state index contributed by atoms with van der Waals surface area (Å²) in [5.41, 5.74) is 1.75. The minimum absolute atomic E-state index is 0.123. The molecule has 0 saturated carbocycles. The van der Waals surface area contributed by atoms with Gasteiger partial charge in [-0.1, -0.05) is 29.3 Å². The third kappa shape index (κ3) is 3.90. The van der Waals surface area contributed by atoms with Gasteiger partial charge in [0.25, 0.3) is 5.91 Å². The van der Waals surface area contributed by atoms with Crippen molar-refractivity contribution in [3.05, 3.63) is 52.0 Å². The number of benzene rings is 2. The fourth-order valence-corrected chi connectivity index (χ4v) is 3.81. The van der Waals surface area contributed by atoms with Gasteiger partial charge in [-0.15, -0.1) is 0 Å². The van der Waals surface area contributed by atoms with Crippen LogP contribution in [0, 0.1) is 6.92 Å². The van der Waals surface area contributed by atoms with Crippen molar-refractivity contribution in [2.75, 3.05) is 22.4 Å². The highest BCUT2D eigenvalue weighted by molar-refractivity contribution is 7.92. The van der Waals surface area contributed by atoms with Gasteiger partial charge in [0, 0.05) is 5.69 Å². The van der Waals surface area contributed by atoms with E-state index in [1.807, 2.05) is 6.92 Å². The maximum absolute atomic E-state index is 12.6. The third-order valence-electron chi connectivity index (χ3n) is 3.86. The molecule has 1 N–H and O–H groups in total. The summed E-state index contributed by atoms with van der Waals surface area (Å²) < 4.78 is 31.3. The van der Waals surface area contributed by atoms with Crippen LogP contribution in [0.3, 0.4) is 0 Å². The van der Waals surface area contributed by atoms with Gasteiger partial charge in [0.2, 0.25) is 10.0 Å². The van der Waals surface area contributed by atoms with E-state index >= 15 is 0 Å². The average molecular weight is 415 g/mol. The molecule has 0 saturated heterocycles. The van der Waals surface area contributed by atoms with Gasteiger partial charge in [0.05, 0.1) is 28.5 Å². The van der Waals surface area contributed by atoms with E-state index in [1.54, 1.807) is 30.3 Å². The average Bonchev–Trinajstić information content (AvgIpc) is 2.56. The van der Waals surface area contributed by atoms with Crippen molar-refractivity contribution in [1.82, 2.24) is 0 Å². The van der Waals surface area contributed by atoms with E-state index in [-0.39, 0.29) is 6.54 Å². The first-order chi connectivity index (χ1) is 12.1. The molecule has 1 heterocycles. The molecule has 26 heavy (non-hydrogen) atoms. The number of halogens is 2. The maximum atomic E-state index is 12.6. The molecule has 2 aromatic rings. The van der Waals surface area contributed by atoms with Crippen molar-refractivity contribution < 1.29 is 17.9 Å². The van der Waals surface area contributed by atoms with Crippen LogP contribution in [0.25, 0.3) is 0 Å². The van der Waals surface area contributed by atoms with Crippen LogP contribution in [0.2, 0.25) is 10.0 Å². The van der Waals surface area contributed by atoms with Gasteiger partial charge in [-0.05, 0) is 42.8 Å². The minimum atomic E-state index is -3.57. The molecule has 3 rings (SSSR count). The van der Waals surface area contributed by atoms with Crippen molar-refractivity contribution >= 4 is 50.5 Å². The first-order valence-corrected chi connectivity index (χ1v) is 10.3. The molecule has 0 unspecified atom stereocenters. The molecule has 9 heteroatoms. The Kier molecular flexibility index (Phi) is 5.05. The van der Waals surface area contributed by atoms with Crippen LogP contribution in [0.4, 0.5) is 11.4 Å². The molecule has 2 aromatic carbocycles. The standard InChI is InChI=1S/C17H16Cl2N2O4S/c1-10-3-6-15-14(7-10)21(26(2,23)24)9-16(25-15)17(22)20-11-4-5-12(18)13(19)8-11/h3-8,16H,9H2,1-2H3,(H,20,22)/t16-/m1/s1. The number of anilines is 2. The quantitative estimate of drug-likeness (QED) is 0.833. The monoisotopic (exact) mass is 414 g/mol. The van der Waals surface area contributed by atoms with E-state index < -0.39 is 22.0 Å². The van der Waals surface area contributed by atoms with Gasteiger partial charge in [0.1, 0.15) is 5.75 Å². The number of nitrogens with one attached hydrogen (secondary N) is 1. The Morgan fingerprint density at radius 1 is 1.19 bits per heavy atom. The van der Waals surface area contributed by atoms with E-state index in [1.165, 1.54) is 10.4 Å². The SMILES string of the molecule is Cc1ccc2c(c1)N(S(C)(=O)=O)C[C@H](C(=O)Nc1ccc(Cl)c(Cl)c1)O2. The Morgan fingerprint density at radius 3 is 2.58 bits per heavy atom. The van der Waals surface area contributed by atoms with Gasteiger partial charge < -0.3 is 10.1 Å². The van der Waals surface area contributed by atoms with Crippen LogP contribution < -0.4 is 14.4 Å². The van der Waals surface area contributed by atoms with Gasteiger partial charge in [-0.2, -0.15) is 0 Å². The van der Waals surface area contributed by atoms with Gasteiger partial charge in [0.15, 0.2) is 6.10 Å². The Balaban J connectivity index is 1.88. The van der Waals surface area contributed by atoms with E-state index in [4.69, 9.17) is 27.9 Å². The van der Waals surface area contributed by atoms with Crippen molar-refractivity contribution in [1.29, 1.82) is 0 Å². The summed E-state index contributed by atoms with van der Waals surface area (Å²) >= 11 is 11.8. The summed E-state index contributed by atoms with van der Waals surface area (Å²) in [5.74, 6) is -0.148. The zero-order chi connectivity index (χ0) is 19.1. The first-order valence-electron chi connectivity index (χ1n) is 7.66. The Hall–Kier alpha value is -1.96. The summed E-state index contributed by atoms with van der Waals surface area (Å²) in [7, 11) is -3.57. The molecule has 138 valence electrons. The summed E-state index contributed by atoms with van der Waals surface area (Å²) in [6, 6.07) is 9.82. The highest BCUT2D eigenvalue weighted by Gasteiger charge is 2.35. The number of carbonyl (C=O) groups is 1. The van der Waals surface area contributed by atoms with Crippen LogP contribution in [-0.2, 0) is 14.8 Å². The highest BCUT2D eigenvalue weighted by atomic mass is 35.5. The molecule has 0 fully saturated rings. The molecule has 0 radical (unpaired) electrons. The summed E-state index contributed by atoms with van der Waals surface area (Å²) in [6.07, 6.45) is 0.0904. The van der Waals surface area contributed by atoms with E-state index in [0.29, 0.717) is 27.2 Å². The number of hydrogen-bond donors (Lipinski definition) is 1. The molecular weight excluding hydrogens is 399 g/mol. The zero-order valence-corrected chi connectivity index (χ0v) is 16.3. The predicted molar refractivity (Wildman–Crippen MR) is 103 cm³/mol. The summed E-state index contributed by atoms with van der Waals surface area (Å²) in [4.78, 5) is 12.6. The highest BCUT2D eigenvalue weighted by Crippen LogP contribution is 2.36. The van der Waals surface area contributed by atoms with Crippen LogP contribution in [0.15, 0.2) is 36.4 Å². The molecule has 0 spiro atoms. The lowest BCUT2D eigenvalue weighted by Crippen LogP contribution is -2.48. The van der Waals surface area contributed by atoms with E-state index in [0.717, 1.165) is 11.8 Å². The van der Waals surface area contributed by atoms with Crippen LogP contribution >= 0.6 is 23.2 Å². The van der Waals surface area contributed by atoms with E-state index in [9.17, 15) is 13.2 Å². The van der Waals surface area contributed by atoms with Crippen LogP contribution in [-0.4, -0.2) is 33.2 Å². The molecule has 0 bridgehead atoms. The minimum Gasteiger partial charge on any atom is -0.476 e. The number of sulfonamides is 1. The normalized spacial score (nSPS) is 16.6. The molecule has 1 atom stereocenters. The first kappa shape index (κ1) is 18.8. The lowest BCUT2D eigenvalue weighted by atomic mass is 10.1. The van der Waals surface area contributed by atoms with E-state index in [2.05, 4.69) is 5.32 Å². The Labute approximate surface area is 161 Å². The molecule has 0 aromatic heterocycles. The number of rotatable bonds is 3. The number of ether oxygens (including phenoxy) is 1. The molecular formula is C17H16Cl2N2O4S. The Bertz CT molecular complexity index is 979. The molecule has 1 aliphatic rings. The summed E-state index contributed by atoms with van der Waals surface area (Å²) in [6.45, 7) is 1.73. The second-order valence-corrected chi connectivity index (χ2v) is 8.71. The number of fused-ring (bicyclic) bond motifs is 1. The number of aryl methyl sites for hydroxylation is 1. The third-order valence-corrected chi connectivity index (χ3v) is 5.75. The molecule has 6 nitrogen and oxygen atoms in total. The fraction of sp³-hybridized carbons (Fsp3) is 0.235. The summed E-state index contributed by atoms with van der Waals surface area (Å²) in [5, 5.41) is 3.33. The largest absolute Gasteiger partial charge is 0.476 e. The lowest BCUT2D eigenvalue weighted by molar-refractivity contribution is -0.122. The number of hydrogen-bond acceptors (Lipinski definition) is 4. The van der Waals surface area contributed by atoms with Gasteiger partial charge in [-0.25, -0.2) is 8.42 Å². The fourth-order valence-electron chi connectivity index (χ4n) is 2.61. The second kappa shape index (κ2) is 6.98. The van der Waals surface area contributed by atoms with Crippen molar-refractivity contribution in [3.63, 3.8) is 0 Å². The number of amides is 1. The predicted octanol–water partition coefficient (Wildman–Crippen LogP) is 3.47. The number of nitrogens with zero attached hydrogens (tertiary/aromatic N) is 1. The maximum Gasteiger partial charge on any atom is 0.267 e. The van der Waals surface area contributed by atoms with Gasteiger partial charge >= 0.3 is 0 Å². The zero-order valence-electron chi connectivity index (χ0n) is 14.0. The van der Waals surface area contributed by atoms with Crippen LogP contribution in [0.5, 0.6) is 5.75 Å². The number of carbonyl (C=O) groups excluding carboxylic acids is 1.